The lowest BCUT2D eigenvalue weighted by Crippen LogP contribution is -2.23. The Labute approximate surface area is 189 Å². The highest BCUT2D eigenvalue weighted by molar-refractivity contribution is 5.23. The third-order valence-corrected chi connectivity index (χ3v) is 8.01. The Kier molecular flexibility index (Phi) is 10.6. The Morgan fingerprint density at radius 1 is 0.806 bits per heavy atom. The Balaban J connectivity index is 1.49. The summed E-state index contributed by atoms with van der Waals surface area (Å²) in [5.74, 6) is 1.18. The van der Waals surface area contributed by atoms with Crippen molar-refractivity contribution in [2.75, 3.05) is 0 Å². The van der Waals surface area contributed by atoms with Crippen molar-refractivity contribution in [2.24, 2.45) is 17.8 Å². The molecule has 1 fully saturated rings. The van der Waals surface area contributed by atoms with Crippen molar-refractivity contribution in [3.63, 3.8) is 0 Å². The summed E-state index contributed by atoms with van der Waals surface area (Å²) >= 11 is 0. The zero-order chi connectivity index (χ0) is 21.9. The molecule has 2 aliphatic rings. The van der Waals surface area contributed by atoms with Crippen LogP contribution in [0.1, 0.15) is 121 Å². The molecule has 2 aliphatic carbocycles. The lowest BCUT2D eigenvalue weighted by molar-refractivity contribution is 0.209. The molecule has 0 radical (unpaired) electrons. The highest BCUT2D eigenvalue weighted by atomic mass is 19.2. The number of allylic oxidation sites excluding steroid dienone is 2. The molecule has 0 aromatic heterocycles. The average Bonchev–Trinajstić information content (AvgIpc) is 2.80. The quantitative estimate of drug-likeness (QED) is 0.229. The molecule has 174 valence electrons. The molecule has 0 spiro atoms. The van der Waals surface area contributed by atoms with Crippen LogP contribution < -0.4 is 0 Å². The average molecular weight is 431 g/mol. The van der Waals surface area contributed by atoms with Gasteiger partial charge in [0.05, 0.1) is 0 Å². The molecule has 1 aromatic carbocycles. The van der Waals surface area contributed by atoms with Gasteiger partial charge in [0.1, 0.15) is 0 Å². The van der Waals surface area contributed by atoms with Crippen LogP contribution in [0.5, 0.6) is 0 Å². The van der Waals surface area contributed by atoms with Crippen LogP contribution in [0.2, 0.25) is 0 Å². The van der Waals surface area contributed by atoms with E-state index in [2.05, 4.69) is 19.1 Å². The summed E-state index contributed by atoms with van der Waals surface area (Å²) in [4.78, 5) is 0. The van der Waals surface area contributed by atoms with Gasteiger partial charge in [0.2, 0.25) is 0 Å². The van der Waals surface area contributed by atoms with Crippen molar-refractivity contribution in [3.8, 4) is 0 Å². The van der Waals surface area contributed by atoms with Crippen LogP contribution in [0.3, 0.4) is 0 Å². The molecule has 0 nitrogen and oxygen atoms in total. The molecular weight excluding hydrogens is 386 g/mol. The van der Waals surface area contributed by atoms with Crippen molar-refractivity contribution in [1.82, 2.24) is 0 Å². The molecule has 0 N–H and O–H groups in total. The minimum Gasteiger partial charge on any atom is -0.204 e. The van der Waals surface area contributed by atoms with Gasteiger partial charge >= 0.3 is 0 Å². The fourth-order valence-corrected chi connectivity index (χ4v) is 6.04. The highest BCUT2D eigenvalue weighted by Crippen LogP contribution is 2.44. The first-order valence-corrected chi connectivity index (χ1v) is 13.3. The lowest BCUT2D eigenvalue weighted by Gasteiger charge is -2.36. The normalized spacial score (nSPS) is 24.9. The topological polar surface area (TPSA) is 0 Å². The molecule has 1 saturated carbocycles. The van der Waals surface area contributed by atoms with Gasteiger partial charge in [0.25, 0.3) is 0 Å². The van der Waals surface area contributed by atoms with Crippen molar-refractivity contribution in [3.05, 3.63) is 47.5 Å². The van der Waals surface area contributed by atoms with Crippen LogP contribution >= 0.6 is 0 Å². The molecule has 0 aliphatic heterocycles. The van der Waals surface area contributed by atoms with Gasteiger partial charge in [-0.25, -0.2) is 8.78 Å². The Hall–Kier alpha value is -1.18. The van der Waals surface area contributed by atoms with Crippen molar-refractivity contribution in [1.29, 1.82) is 0 Å². The van der Waals surface area contributed by atoms with Gasteiger partial charge < -0.3 is 0 Å². The number of halogens is 2. The van der Waals surface area contributed by atoms with Crippen LogP contribution in [-0.2, 0) is 0 Å². The largest absolute Gasteiger partial charge is 0.204 e. The number of hydrogen-bond acceptors (Lipinski definition) is 0. The molecule has 2 heteroatoms. The summed E-state index contributed by atoms with van der Waals surface area (Å²) in [6.45, 7) is 2.28. The van der Waals surface area contributed by atoms with Gasteiger partial charge in [0, 0.05) is 0 Å². The maximum atomic E-state index is 14.0. The fraction of sp³-hybridized carbons (Fsp3) is 0.724. The SMILES string of the molecule is CCCCCCCCCC1CCC(C(CC2CC=CCC2)c2ccc(F)c(F)c2)CC1. The monoisotopic (exact) mass is 430 g/mol. The molecule has 1 aromatic rings. The van der Waals surface area contributed by atoms with Crippen LogP contribution in [0.25, 0.3) is 0 Å². The van der Waals surface area contributed by atoms with Crippen LogP contribution in [-0.4, -0.2) is 0 Å². The predicted octanol–water partition coefficient (Wildman–Crippen LogP) is 9.74. The van der Waals surface area contributed by atoms with E-state index >= 15 is 0 Å². The van der Waals surface area contributed by atoms with Crippen LogP contribution in [0.15, 0.2) is 30.4 Å². The summed E-state index contributed by atoms with van der Waals surface area (Å²) in [6.07, 6.45) is 25.6. The number of benzene rings is 1. The maximum Gasteiger partial charge on any atom is 0.159 e. The summed E-state index contributed by atoms with van der Waals surface area (Å²) in [5, 5.41) is 0. The molecule has 0 amide bonds. The molecule has 0 saturated heterocycles. The number of unbranched alkanes of at least 4 members (excludes halogenated alkanes) is 6. The van der Waals surface area contributed by atoms with Crippen molar-refractivity contribution < 1.29 is 8.78 Å². The Morgan fingerprint density at radius 3 is 2.23 bits per heavy atom. The van der Waals surface area contributed by atoms with Gasteiger partial charge in [-0.2, -0.15) is 0 Å². The zero-order valence-electron chi connectivity index (χ0n) is 19.8. The summed E-state index contributed by atoms with van der Waals surface area (Å²) in [7, 11) is 0. The molecule has 3 rings (SSSR count). The Bertz CT molecular complexity index is 657. The minimum absolute atomic E-state index is 0.381. The molecule has 31 heavy (non-hydrogen) atoms. The maximum absolute atomic E-state index is 14.0. The van der Waals surface area contributed by atoms with Crippen LogP contribution in [0.4, 0.5) is 8.78 Å². The minimum atomic E-state index is -0.721. The van der Waals surface area contributed by atoms with E-state index < -0.39 is 11.6 Å². The van der Waals surface area contributed by atoms with Gasteiger partial charge in [-0.15, -0.1) is 0 Å². The second kappa shape index (κ2) is 13.4. The highest BCUT2D eigenvalue weighted by Gasteiger charge is 2.30. The number of hydrogen-bond donors (Lipinski definition) is 0. The predicted molar refractivity (Wildman–Crippen MR) is 128 cm³/mol. The van der Waals surface area contributed by atoms with Crippen molar-refractivity contribution >= 4 is 0 Å². The van der Waals surface area contributed by atoms with Gasteiger partial charge in [-0.05, 0) is 79.9 Å². The first-order chi connectivity index (χ1) is 15.2. The first kappa shape index (κ1) is 24.5. The lowest BCUT2D eigenvalue weighted by atomic mass is 9.69. The summed E-state index contributed by atoms with van der Waals surface area (Å²) in [5.41, 5.74) is 1.03. The molecule has 2 atom stereocenters. The molecule has 0 bridgehead atoms. The van der Waals surface area contributed by atoms with E-state index in [-0.39, 0.29) is 0 Å². The van der Waals surface area contributed by atoms with Crippen molar-refractivity contribution in [2.45, 2.75) is 116 Å². The van der Waals surface area contributed by atoms with Gasteiger partial charge in [-0.1, -0.05) is 89.4 Å². The molecular formula is C29H44F2. The summed E-state index contributed by atoms with van der Waals surface area (Å²) in [6, 6.07) is 4.68. The molecule has 2 unspecified atom stereocenters. The zero-order valence-corrected chi connectivity index (χ0v) is 19.8. The van der Waals surface area contributed by atoms with Crippen LogP contribution in [0, 0.1) is 29.4 Å². The summed E-state index contributed by atoms with van der Waals surface area (Å²) < 4.78 is 27.6. The van der Waals surface area contributed by atoms with Gasteiger partial charge in [0.15, 0.2) is 11.6 Å². The van der Waals surface area contributed by atoms with E-state index in [0.29, 0.717) is 17.8 Å². The van der Waals surface area contributed by atoms with E-state index in [1.807, 2.05) is 6.07 Å². The van der Waals surface area contributed by atoms with Gasteiger partial charge in [-0.3, -0.25) is 0 Å². The van der Waals surface area contributed by atoms with E-state index in [1.165, 1.54) is 102 Å². The van der Waals surface area contributed by atoms with E-state index in [4.69, 9.17) is 0 Å². The van der Waals surface area contributed by atoms with E-state index in [9.17, 15) is 8.78 Å². The fourth-order valence-electron chi connectivity index (χ4n) is 6.04. The smallest absolute Gasteiger partial charge is 0.159 e. The molecule has 0 heterocycles. The first-order valence-electron chi connectivity index (χ1n) is 13.3. The standard InChI is InChI=1S/C29H44F2/c1-2-3-4-5-6-7-9-12-23-15-17-25(18-16-23)27(21-24-13-10-8-11-14-24)26-19-20-28(30)29(31)22-26/h8,10,19-20,22-25,27H,2-7,9,11-18,21H2,1H3. The third kappa shape index (κ3) is 8.03. The second-order valence-corrected chi connectivity index (χ2v) is 10.4. The van der Waals surface area contributed by atoms with E-state index in [1.54, 1.807) is 0 Å². The second-order valence-electron chi connectivity index (χ2n) is 10.4. The number of rotatable bonds is 12. The van der Waals surface area contributed by atoms with E-state index in [0.717, 1.165) is 24.3 Å². The Morgan fingerprint density at radius 2 is 1.55 bits per heavy atom. The third-order valence-electron chi connectivity index (χ3n) is 8.01.